The molecule has 0 aliphatic heterocycles. The number of halogens is 1. The number of nitriles is 1. The van der Waals surface area contributed by atoms with Crippen molar-refractivity contribution in [2.75, 3.05) is 18.6 Å². The molecule has 9 heteroatoms. The third-order valence-electron chi connectivity index (χ3n) is 3.77. The van der Waals surface area contributed by atoms with Crippen molar-refractivity contribution < 1.29 is 14.3 Å². The van der Waals surface area contributed by atoms with Crippen LogP contribution in [0.4, 0.5) is 11.8 Å². The molecule has 140 valence electrons. The van der Waals surface area contributed by atoms with E-state index in [1.807, 2.05) is 34.7 Å². The van der Waals surface area contributed by atoms with E-state index in [-0.39, 0.29) is 28.8 Å². The average molecular weight is 487 g/mol. The second-order valence-electron chi connectivity index (χ2n) is 5.55. The first-order valence-corrected chi connectivity index (χ1v) is 9.00. The molecular weight excluding hydrogens is 473 g/mol. The van der Waals surface area contributed by atoms with E-state index in [0.29, 0.717) is 20.4 Å². The summed E-state index contributed by atoms with van der Waals surface area (Å²) in [5, 5.41) is 9.39. The Morgan fingerprint density at radius 2 is 1.89 bits per heavy atom. The first-order chi connectivity index (χ1) is 13.4. The smallest absolute Gasteiger partial charge is 0.343 e. The lowest BCUT2D eigenvalue weighted by molar-refractivity contribution is 0.0728. The minimum Gasteiger partial charge on any atom is -0.493 e. The first kappa shape index (κ1) is 19.4. The van der Waals surface area contributed by atoms with Crippen LogP contribution in [0.15, 0.2) is 42.5 Å². The van der Waals surface area contributed by atoms with Gasteiger partial charge in [0.05, 0.1) is 21.9 Å². The Hall–Kier alpha value is -3.39. The molecule has 8 nitrogen and oxygen atoms in total. The summed E-state index contributed by atoms with van der Waals surface area (Å²) in [6.07, 6.45) is 0. The van der Waals surface area contributed by atoms with E-state index in [2.05, 4.69) is 9.97 Å². The van der Waals surface area contributed by atoms with E-state index in [9.17, 15) is 10.1 Å². The van der Waals surface area contributed by atoms with Crippen LogP contribution in [0, 0.1) is 14.9 Å². The third kappa shape index (κ3) is 3.81. The maximum Gasteiger partial charge on any atom is 0.343 e. The molecule has 0 unspecified atom stereocenters. The summed E-state index contributed by atoms with van der Waals surface area (Å²) in [6.45, 7) is 0. The number of hydrogen-bond donors (Lipinski definition) is 2. The lowest BCUT2D eigenvalue weighted by Crippen LogP contribution is -2.10. The van der Waals surface area contributed by atoms with Gasteiger partial charge in [0.2, 0.25) is 5.95 Å². The van der Waals surface area contributed by atoms with Crippen LogP contribution in [-0.4, -0.2) is 23.0 Å². The zero-order chi connectivity index (χ0) is 20.3. The number of aromatic nitrogens is 2. The number of hydrogen-bond acceptors (Lipinski definition) is 8. The fraction of sp³-hybridized carbons (Fsp3) is 0.0526. The molecule has 3 rings (SSSR count). The maximum atomic E-state index is 12.4. The number of nitrogen functional groups attached to an aromatic ring is 2. The van der Waals surface area contributed by atoms with Gasteiger partial charge in [-0.2, -0.15) is 10.2 Å². The zero-order valence-corrected chi connectivity index (χ0v) is 16.8. The van der Waals surface area contributed by atoms with Crippen molar-refractivity contribution >= 4 is 40.3 Å². The molecule has 0 saturated carbocycles. The van der Waals surface area contributed by atoms with E-state index < -0.39 is 5.97 Å². The van der Waals surface area contributed by atoms with Crippen molar-refractivity contribution in [3.05, 3.63) is 57.2 Å². The van der Waals surface area contributed by atoms with Crippen LogP contribution in [0.1, 0.15) is 15.9 Å². The van der Waals surface area contributed by atoms with Gasteiger partial charge >= 0.3 is 5.97 Å². The summed E-state index contributed by atoms with van der Waals surface area (Å²) in [5.41, 5.74) is 12.8. The van der Waals surface area contributed by atoms with Gasteiger partial charge in [-0.05, 0) is 46.9 Å². The molecule has 0 atom stereocenters. The molecule has 0 fully saturated rings. The summed E-state index contributed by atoms with van der Waals surface area (Å²) in [7, 11) is 1.45. The van der Waals surface area contributed by atoms with Crippen LogP contribution in [0.5, 0.6) is 11.5 Å². The van der Waals surface area contributed by atoms with Crippen LogP contribution in [0.25, 0.3) is 11.3 Å². The van der Waals surface area contributed by atoms with E-state index in [1.165, 1.54) is 7.11 Å². The topological polar surface area (TPSA) is 137 Å². The van der Waals surface area contributed by atoms with Gasteiger partial charge in [0.1, 0.15) is 17.5 Å². The lowest BCUT2D eigenvalue weighted by Gasteiger charge is -2.14. The van der Waals surface area contributed by atoms with Gasteiger partial charge in [0, 0.05) is 5.56 Å². The number of carbonyl (C=O) groups is 1. The number of benzene rings is 2. The fourth-order valence-electron chi connectivity index (χ4n) is 2.50. The predicted octanol–water partition coefficient (Wildman–Crippen LogP) is 3.01. The van der Waals surface area contributed by atoms with Gasteiger partial charge in [-0.3, -0.25) is 0 Å². The summed E-state index contributed by atoms with van der Waals surface area (Å²) < 4.78 is 11.5. The van der Waals surface area contributed by atoms with Crippen LogP contribution in [0.2, 0.25) is 0 Å². The Bertz CT molecular complexity index is 1100. The SMILES string of the molecule is COc1cc(-c2nc(N)nc(N)c2C#N)cc(I)c1OC(=O)c1ccccc1. The summed E-state index contributed by atoms with van der Waals surface area (Å²) in [5.74, 6) is -0.0311. The number of ether oxygens (including phenoxy) is 2. The number of nitrogens with two attached hydrogens (primary N) is 2. The number of esters is 1. The molecule has 0 spiro atoms. The molecule has 0 radical (unpaired) electrons. The van der Waals surface area contributed by atoms with Crippen molar-refractivity contribution in [2.24, 2.45) is 0 Å². The van der Waals surface area contributed by atoms with E-state index >= 15 is 0 Å². The van der Waals surface area contributed by atoms with Gasteiger partial charge in [0.15, 0.2) is 11.5 Å². The van der Waals surface area contributed by atoms with Gasteiger partial charge in [0.25, 0.3) is 0 Å². The third-order valence-corrected chi connectivity index (χ3v) is 4.57. The Morgan fingerprint density at radius 1 is 1.18 bits per heavy atom. The quantitative estimate of drug-likeness (QED) is 0.326. The number of carbonyl (C=O) groups excluding carboxylic acids is 1. The molecule has 2 aromatic carbocycles. The normalized spacial score (nSPS) is 10.2. The van der Waals surface area contributed by atoms with Crippen LogP contribution >= 0.6 is 22.6 Å². The fourth-order valence-corrected chi connectivity index (χ4v) is 3.21. The highest BCUT2D eigenvalue weighted by molar-refractivity contribution is 14.1. The second-order valence-corrected chi connectivity index (χ2v) is 6.71. The number of methoxy groups -OCH3 is 1. The highest BCUT2D eigenvalue weighted by Gasteiger charge is 2.20. The minimum atomic E-state index is -0.516. The van der Waals surface area contributed by atoms with Crippen LogP contribution < -0.4 is 20.9 Å². The predicted molar refractivity (Wildman–Crippen MR) is 112 cm³/mol. The molecule has 28 heavy (non-hydrogen) atoms. The molecule has 0 aliphatic rings. The molecule has 0 amide bonds. The van der Waals surface area contributed by atoms with Crippen molar-refractivity contribution in [1.29, 1.82) is 5.26 Å². The first-order valence-electron chi connectivity index (χ1n) is 7.92. The summed E-state index contributed by atoms with van der Waals surface area (Å²) >= 11 is 2.01. The van der Waals surface area contributed by atoms with Crippen molar-refractivity contribution in [2.45, 2.75) is 0 Å². The highest BCUT2D eigenvalue weighted by Crippen LogP contribution is 2.38. The summed E-state index contributed by atoms with van der Waals surface area (Å²) in [4.78, 5) is 20.3. The molecule has 0 bridgehead atoms. The number of anilines is 2. The second kappa shape index (κ2) is 8.10. The molecule has 3 aromatic rings. The minimum absolute atomic E-state index is 0.0152. The van der Waals surface area contributed by atoms with Gasteiger partial charge in [-0.15, -0.1) is 0 Å². The zero-order valence-electron chi connectivity index (χ0n) is 14.6. The Labute approximate surface area is 174 Å². The van der Waals surface area contributed by atoms with Gasteiger partial charge < -0.3 is 20.9 Å². The van der Waals surface area contributed by atoms with E-state index in [4.69, 9.17) is 20.9 Å². The van der Waals surface area contributed by atoms with Crippen molar-refractivity contribution in [3.8, 4) is 28.8 Å². The molecule has 0 saturated heterocycles. The average Bonchev–Trinajstić information content (AvgIpc) is 2.69. The molecule has 0 aliphatic carbocycles. The molecular formula is C19H14IN5O3. The van der Waals surface area contributed by atoms with Crippen LogP contribution in [-0.2, 0) is 0 Å². The van der Waals surface area contributed by atoms with Crippen LogP contribution in [0.3, 0.4) is 0 Å². The standard InChI is InChI=1S/C19H14IN5O3/c1-27-14-8-11(15-12(9-21)17(22)25-19(23)24-15)7-13(20)16(14)28-18(26)10-5-3-2-4-6-10/h2-8H,1H3,(H4,22,23,24,25). The van der Waals surface area contributed by atoms with E-state index in [0.717, 1.165) is 0 Å². The van der Waals surface area contributed by atoms with Crippen molar-refractivity contribution in [1.82, 2.24) is 9.97 Å². The number of rotatable bonds is 4. The monoisotopic (exact) mass is 487 g/mol. The molecule has 1 aromatic heterocycles. The van der Waals surface area contributed by atoms with Crippen molar-refractivity contribution in [3.63, 3.8) is 0 Å². The number of nitrogens with zero attached hydrogens (tertiary/aromatic N) is 3. The van der Waals surface area contributed by atoms with Gasteiger partial charge in [-0.25, -0.2) is 9.78 Å². The Balaban J connectivity index is 2.07. The molecule has 4 N–H and O–H groups in total. The lowest BCUT2D eigenvalue weighted by atomic mass is 10.1. The highest BCUT2D eigenvalue weighted by atomic mass is 127. The Morgan fingerprint density at radius 3 is 2.54 bits per heavy atom. The van der Waals surface area contributed by atoms with E-state index in [1.54, 1.807) is 36.4 Å². The maximum absolute atomic E-state index is 12.4. The van der Waals surface area contributed by atoms with Gasteiger partial charge in [-0.1, -0.05) is 18.2 Å². The summed E-state index contributed by atoms with van der Waals surface area (Å²) in [6, 6.07) is 13.9. The largest absolute Gasteiger partial charge is 0.493 e. The Kier molecular flexibility index (Phi) is 5.60. The molecule has 1 heterocycles.